The molecule has 0 aromatic heterocycles. The van der Waals surface area contributed by atoms with Gasteiger partial charge in [0.25, 0.3) is 0 Å². The first-order chi connectivity index (χ1) is 9.66. The largest absolute Gasteiger partial charge is 0.389 e. The van der Waals surface area contributed by atoms with Gasteiger partial charge in [0.05, 0.1) is 25.9 Å². The molecule has 0 saturated heterocycles. The highest BCUT2D eigenvalue weighted by molar-refractivity contribution is 4.84. The quantitative estimate of drug-likeness (QED) is 0.544. The number of nitrogens with one attached hydrogen (secondary N) is 1. The highest BCUT2D eigenvalue weighted by atomic mass is 16.5. The van der Waals surface area contributed by atoms with Crippen LogP contribution in [0.2, 0.25) is 0 Å². The molecule has 0 bridgehead atoms. The van der Waals surface area contributed by atoms with Gasteiger partial charge in [-0.15, -0.1) is 0 Å². The molecule has 4 heteroatoms. The van der Waals surface area contributed by atoms with E-state index in [-0.39, 0.29) is 11.0 Å². The summed E-state index contributed by atoms with van der Waals surface area (Å²) in [5.74, 6) is 0. The van der Waals surface area contributed by atoms with Crippen LogP contribution in [0.25, 0.3) is 0 Å². The number of aliphatic hydroxyl groups is 1. The van der Waals surface area contributed by atoms with Crippen molar-refractivity contribution in [3.05, 3.63) is 0 Å². The summed E-state index contributed by atoms with van der Waals surface area (Å²) in [7, 11) is 0. The fourth-order valence-corrected chi connectivity index (χ4v) is 2.53. The van der Waals surface area contributed by atoms with Gasteiger partial charge >= 0.3 is 0 Å². The SMILES string of the molecule is CCCCOCCOCC(O)CNC(C)(C)CC(C)(C)C. The third-order valence-corrected chi connectivity index (χ3v) is 3.11. The van der Waals surface area contributed by atoms with Crippen molar-refractivity contribution in [3.8, 4) is 0 Å². The predicted octanol–water partition coefficient (Wildman–Crippen LogP) is 2.99. The number of ether oxygens (including phenoxy) is 2. The Morgan fingerprint density at radius 3 is 2.19 bits per heavy atom. The van der Waals surface area contributed by atoms with Gasteiger partial charge < -0.3 is 19.9 Å². The molecule has 0 rings (SSSR count). The van der Waals surface area contributed by atoms with E-state index in [9.17, 15) is 5.11 Å². The minimum atomic E-state index is -0.472. The number of aliphatic hydroxyl groups excluding tert-OH is 1. The third-order valence-electron chi connectivity index (χ3n) is 3.11. The van der Waals surface area contributed by atoms with E-state index in [2.05, 4.69) is 46.9 Å². The second-order valence-corrected chi connectivity index (χ2v) is 7.70. The van der Waals surface area contributed by atoms with Crippen LogP contribution in [0.4, 0.5) is 0 Å². The number of hydrogen-bond acceptors (Lipinski definition) is 4. The maximum atomic E-state index is 9.92. The molecule has 0 aliphatic heterocycles. The molecule has 0 spiro atoms. The van der Waals surface area contributed by atoms with Crippen molar-refractivity contribution in [2.45, 2.75) is 72.4 Å². The second-order valence-electron chi connectivity index (χ2n) is 7.70. The van der Waals surface area contributed by atoms with Gasteiger partial charge in [0, 0.05) is 18.7 Å². The van der Waals surface area contributed by atoms with E-state index in [0.29, 0.717) is 26.4 Å². The van der Waals surface area contributed by atoms with Gasteiger partial charge in [0.15, 0.2) is 0 Å². The average molecular weight is 303 g/mol. The monoisotopic (exact) mass is 303 g/mol. The van der Waals surface area contributed by atoms with E-state index in [1.807, 2.05) is 0 Å². The van der Waals surface area contributed by atoms with Crippen LogP contribution >= 0.6 is 0 Å². The zero-order chi connectivity index (χ0) is 16.4. The highest BCUT2D eigenvalue weighted by Crippen LogP contribution is 2.26. The van der Waals surface area contributed by atoms with Crippen LogP contribution in [0.3, 0.4) is 0 Å². The van der Waals surface area contributed by atoms with E-state index in [1.54, 1.807) is 0 Å². The molecular weight excluding hydrogens is 266 g/mol. The van der Waals surface area contributed by atoms with Gasteiger partial charge in [-0.3, -0.25) is 0 Å². The van der Waals surface area contributed by atoms with Gasteiger partial charge in [0.1, 0.15) is 0 Å². The van der Waals surface area contributed by atoms with Crippen molar-refractivity contribution in [2.75, 3.05) is 33.0 Å². The Labute approximate surface area is 131 Å². The molecule has 2 N–H and O–H groups in total. The van der Waals surface area contributed by atoms with Crippen LogP contribution in [0.5, 0.6) is 0 Å². The van der Waals surface area contributed by atoms with E-state index in [1.165, 1.54) is 0 Å². The molecule has 0 saturated carbocycles. The molecule has 1 atom stereocenters. The van der Waals surface area contributed by atoms with Gasteiger partial charge in [0.2, 0.25) is 0 Å². The van der Waals surface area contributed by atoms with Crippen molar-refractivity contribution in [3.63, 3.8) is 0 Å². The van der Waals surface area contributed by atoms with Crippen LogP contribution in [0, 0.1) is 5.41 Å². The maximum absolute atomic E-state index is 9.92. The van der Waals surface area contributed by atoms with Crippen LogP contribution in [0.15, 0.2) is 0 Å². The van der Waals surface area contributed by atoms with Crippen molar-refractivity contribution in [1.29, 1.82) is 0 Å². The average Bonchev–Trinajstić information content (AvgIpc) is 2.32. The van der Waals surface area contributed by atoms with Crippen LogP contribution in [0.1, 0.15) is 60.8 Å². The minimum absolute atomic E-state index is 0.0164. The summed E-state index contributed by atoms with van der Waals surface area (Å²) in [6.07, 6.45) is 2.82. The lowest BCUT2D eigenvalue weighted by Gasteiger charge is -2.34. The molecule has 0 amide bonds. The maximum Gasteiger partial charge on any atom is 0.0897 e. The van der Waals surface area contributed by atoms with Crippen molar-refractivity contribution >= 4 is 0 Å². The summed E-state index contributed by atoms with van der Waals surface area (Å²) < 4.78 is 10.8. The Kier molecular flexibility index (Phi) is 10.5. The van der Waals surface area contributed by atoms with Gasteiger partial charge in [-0.25, -0.2) is 0 Å². The van der Waals surface area contributed by atoms with Crippen LogP contribution < -0.4 is 5.32 Å². The summed E-state index contributed by atoms with van der Waals surface area (Å²) in [6, 6.07) is 0. The Bertz CT molecular complexity index is 249. The first-order valence-corrected chi connectivity index (χ1v) is 8.25. The lowest BCUT2D eigenvalue weighted by Crippen LogP contribution is -2.46. The molecule has 0 radical (unpaired) electrons. The number of hydrogen-bond donors (Lipinski definition) is 2. The summed E-state index contributed by atoms with van der Waals surface area (Å²) >= 11 is 0. The molecule has 0 aromatic rings. The zero-order valence-corrected chi connectivity index (χ0v) is 15.0. The zero-order valence-electron chi connectivity index (χ0n) is 15.0. The van der Waals surface area contributed by atoms with Crippen LogP contribution in [-0.2, 0) is 9.47 Å². The number of rotatable bonds is 12. The lowest BCUT2D eigenvalue weighted by atomic mass is 9.82. The van der Waals surface area contributed by atoms with Gasteiger partial charge in [-0.05, 0) is 32.1 Å². The fraction of sp³-hybridized carbons (Fsp3) is 1.00. The molecule has 0 heterocycles. The van der Waals surface area contributed by atoms with Crippen molar-refractivity contribution < 1.29 is 14.6 Å². The summed E-state index contributed by atoms with van der Waals surface area (Å²) in [4.78, 5) is 0. The number of β-amino-alcohol motifs (C(OH)–C–C–N with tert-alkyl or cyclic N) is 1. The van der Waals surface area contributed by atoms with Crippen molar-refractivity contribution in [2.24, 2.45) is 5.41 Å². The van der Waals surface area contributed by atoms with E-state index in [4.69, 9.17) is 9.47 Å². The summed E-state index contributed by atoms with van der Waals surface area (Å²) in [5.41, 5.74) is 0.288. The smallest absolute Gasteiger partial charge is 0.0897 e. The summed E-state index contributed by atoms with van der Waals surface area (Å²) in [6.45, 7) is 16.0. The number of unbranched alkanes of at least 4 members (excludes halogenated alkanes) is 1. The minimum Gasteiger partial charge on any atom is -0.389 e. The molecule has 0 fully saturated rings. The molecule has 4 nitrogen and oxygen atoms in total. The van der Waals surface area contributed by atoms with Gasteiger partial charge in [-0.2, -0.15) is 0 Å². The molecule has 128 valence electrons. The third kappa shape index (κ3) is 14.5. The Morgan fingerprint density at radius 2 is 1.62 bits per heavy atom. The molecule has 1 unspecified atom stereocenters. The Hall–Kier alpha value is -0.160. The highest BCUT2D eigenvalue weighted by Gasteiger charge is 2.25. The molecular formula is C17H37NO3. The topological polar surface area (TPSA) is 50.7 Å². The molecule has 21 heavy (non-hydrogen) atoms. The molecule has 0 aliphatic carbocycles. The van der Waals surface area contributed by atoms with Crippen molar-refractivity contribution in [1.82, 2.24) is 5.32 Å². The van der Waals surface area contributed by atoms with E-state index in [0.717, 1.165) is 25.9 Å². The Balaban J connectivity index is 3.63. The van der Waals surface area contributed by atoms with E-state index < -0.39 is 6.10 Å². The standard InChI is InChI=1S/C17H37NO3/c1-7-8-9-20-10-11-21-13-15(19)12-18-17(5,6)14-16(2,3)4/h15,18-19H,7-14H2,1-6H3. The lowest BCUT2D eigenvalue weighted by molar-refractivity contribution is 0.00144. The summed E-state index contributed by atoms with van der Waals surface area (Å²) in [5, 5.41) is 13.3. The molecule has 0 aliphatic rings. The van der Waals surface area contributed by atoms with Gasteiger partial charge in [-0.1, -0.05) is 34.1 Å². The molecule has 0 aromatic carbocycles. The normalized spacial score (nSPS) is 14.4. The first-order valence-electron chi connectivity index (χ1n) is 8.25. The fourth-order valence-electron chi connectivity index (χ4n) is 2.53. The second kappa shape index (κ2) is 10.5. The predicted molar refractivity (Wildman–Crippen MR) is 88.7 cm³/mol. The first kappa shape index (κ1) is 20.8. The Morgan fingerprint density at radius 1 is 1.00 bits per heavy atom. The van der Waals surface area contributed by atoms with Crippen LogP contribution in [-0.4, -0.2) is 49.7 Å². The van der Waals surface area contributed by atoms with E-state index >= 15 is 0 Å².